The highest BCUT2D eigenvalue weighted by Crippen LogP contribution is 2.11. The lowest BCUT2D eigenvalue weighted by Crippen LogP contribution is -1.98. The van der Waals surface area contributed by atoms with Crippen LogP contribution in [0.3, 0.4) is 0 Å². The first-order valence-corrected chi connectivity index (χ1v) is 8.79. The molecule has 0 saturated carbocycles. The summed E-state index contributed by atoms with van der Waals surface area (Å²) in [5.41, 5.74) is 0.299. The molecule has 0 aliphatic heterocycles. The van der Waals surface area contributed by atoms with Crippen LogP contribution >= 0.6 is 0 Å². The molecule has 0 saturated heterocycles. The highest BCUT2D eigenvalue weighted by molar-refractivity contribution is 5.66. The van der Waals surface area contributed by atoms with Gasteiger partial charge in [0.1, 0.15) is 0 Å². The van der Waals surface area contributed by atoms with Crippen LogP contribution in [-0.4, -0.2) is 16.0 Å². The van der Waals surface area contributed by atoms with E-state index in [0.717, 1.165) is 64.2 Å². The topological polar surface area (TPSA) is 80.4 Å². The maximum Gasteiger partial charge on any atom is 0.303 e. The van der Waals surface area contributed by atoms with Crippen molar-refractivity contribution in [3.8, 4) is 0 Å². The van der Waals surface area contributed by atoms with Crippen molar-refractivity contribution < 1.29 is 14.8 Å². The van der Waals surface area contributed by atoms with E-state index < -0.39 is 5.97 Å². The Labute approximate surface area is 139 Å². The van der Waals surface area contributed by atoms with Crippen LogP contribution < -0.4 is 0 Å². The van der Waals surface area contributed by atoms with Crippen molar-refractivity contribution >= 4 is 5.97 Å². The minimum Gasteiger partial charge on any atom is -0.481 e. The Balaban J connectivity index is 3.68. The molecule has 0 bridgehead atoms. The second-order valence-corrected chi connectivity index (χ2v) is 5.85. The Morgan fingerprint density at radius 3 is 2.22 bits per heavy atom. The predicted octanol–water partition coefficient (Wildman–Crippen LogP) is 5.49. The number of carboxylic acid groups (broad SMARTS) is 1. The van der Waals surface area contributed by atoms with E-state index in [0.29, 0.717) is 12.1 Å². The molecule has 5 heteroatoms. The Kier molecular flexibility index (Phi) is 14.2. The molecular weight excluding hydrogens is 294 g/mol. The highest BCUT2D eigenvalue weighted by atomic mass is 16.6. The quantitative estimate of drug-likeness (QED) is 0.187. The summed E-state index contributed by atoms with van der Waals surface area (Å²) in [7, 11) is 0. The van der Waals surface area contributed by atoms with E-state index >= 15 is 0 Å². The first-order valence-electron chi connectivity index (χ1n) is 8.79. The van der Waals surface area contributed by atoms with E-state index in [1.165, 1.54) is 0 Å². The number of aliphatic carboxylic acids is 1. The molecule has 0 fully saturated rings. The van der Waals surface area contributed by atoms with E-state index in [-0.39, 0.29) is 11.3 Å². The molecule has 1 N–H and O–H groups in total. The largest absolute Gasteiger partial charge is 0.481 e. The molecule has 0 aliphatic rings. The molecule has 0 heterocycles. The summed E-state index contributed by atoms with van der Waals surface area (Å²) in [6.07, 6.45) is 16.3. The molecule has 0 aromatic rings. The van der Waals surface area contributed by atoms with Crippen LogP contribution in [0.5, 0.6) is 0 Å². The Morgan fingerprint density at radius 2 is 1.61 bits per heavy atom. The summed E-state index contributed by atoms with van der Waals surface area (Å²) in [5, 5.41) is 19.4. The Hall–Kier alpha value is -1.65. The van der Waals surface area contributed by atoms with Gasteiger partial charge in [-0.2, -0.15) is 0 Å². The molecule has 0 aliphatic carbocycles. The lowest BCUT2D eigenvalue weighted by molar-refractivity contribution is -0.428. The normalized spacial score (nSPS) is 12.0. The summed E-state index contributed by atoms with van der Waals surface area (Å²) < 4.78 is 0. The Morgan fingerprint density at radius 1 is 1.00 bits per heavy atom. The number of rotatable bonds is 15. The predicted molar refractivity (Wildman–Crippen MR) is 92.9 cm³/mol. The summed E-state index contributed by atoms with van der Waals surface area (Å²) in [4.78, 5) is 21.0. The van der Waals surface area contributed by atoms with Gasteiger partial charge >= 0.3 is 5.97 Å². The summed E-state index contributed by atoms with van der Waals surface area (Å²) in [6.45, 7) is 2.08. The van der Waals surface area contributed by atoms with Gasteiger partial charge in [-0.3, -0.25) is 14.9 Å². The fraction of sp³-hybridized carbons (Fsp3) is 0.722. The zero-order valence-electron chi connectivity index (χ0n) is 14.3. The van der Waals surface area contributed by atoms with E-state index in [2.05, 4.69) is 6.92 Å². The fourth-order valence-corrected chi connectivity index (χ4v) is 2.31. The molecule has 0 aromatic carbocycles. The van der Waals surface area contributed by atoms with Crippen molar-refractivity contribution in [2.24, 2.45) is 0 Å². The molecule has 5 nitrogen and oxygen atoms in total. The average Bonchev–Trinajstić information content (AvgIpc) is 2.50. The molecule has 0 spiro atoms. The maximum atomic E-state index is 10.9. The van der Waals surface area contributed by atoms with Gasteiger partial charge in [0.15, 0.2) is 0 Å². The first-order chi connectivity index (χ1) is 11.1. The van der Waals surface area contributed by atoms with Crippen molar-refractivity contribution in [3.05, 3.63) is 34.0 Å². The van der Waals surface area contributed by atoms with Crippen LogP contribution in [0.2, 0.25) is 0 Å². The van der Waals surface area contributed by atoms with Crippen LogP contribution in [0.1, 0.15) is 84.0 Å². The van der Waals surface area contributed by atoms with Crippen molar-refractivity contribution in [3.63, 3.8) is 0 Å². The number of carboxylic acids is 1. The third-order valence-electron chi connectivity index (χ3n) is 3.71. The number of carbonyl (C=O) groups is 1. The maximum absolute atomic E-state index is 10.9. The van der Waals surface area contributed by atoms with Gasteiger partial charge in [-0.1, -0.05) is 57.6 Å². The van der Waals surface area contributed by atoms with Gasteiger partial charge in [0.05, 0.1) is 4.92 Å². The van der Waals surface area contributed by atoms with Crippen LogP contribution in [0.25, 0.3) is 0 Å². The molecule has 23 heavy (non-hydrogen) atoms. The number of unbranched alkanes of at least 4 members (excludes halogenated alkanes) is 8. The van der Waals surface area contributed by atoms with Crippen molar-refractivity contribution in [2.45, 2.75) is 84.0 Å². The average molecular weight is 325 g/mol. The van der Waals surface area contributed by atoms with Gasteiger partial charge in [-0.05, 0) is 25.7 Å². The van der Waals surface area contributed by atoms with E-state index in [4.69, 9.17) is 5.11 Å². The standard InChI is InChI=1S/C18H31NO4/c1-2-3-11-14-17(19(22)23)15-12-9-7-5-4-6-8-10-13-16-18(20)21/h9,12,15H,2-8,10-11,13-14,16H2,1H3,(H,20,21)/b12-9+,17-15-. The van der Waals surface area contributed by atoms with Gasteiger partial charge in [0.25, 0.3) is 0 Å². The molecule has 0 amide bonds. The highest BCUT2D eigenvalue weighted by Gasteiger charge is 2.07. The van der Waals surface area contributed by atoms with E-state index in [1.54, 1.807) is 12.2 Å². The SMILES string of the molecule is CCCCC/C(=C/C=C/CCCCCCCCC(=O)O)[N+](=O)[O-]. The number of hydrogen-bond donors (Lipinski definition) is 1. The smallest absolute Gasteiger partial charge is 0.303 e. The fourth-order valence-electron chi connectivity index (χ4n) is 2.31. The number of hydrogen-bond acceptors (Lipinski definition) is 3. The van der Waals surface area contributed by atoms with Gasteiger partial charge in [-0.15, -0.1) is 0 Å². The zero-order valence-corrected chi connectivity index (χ0v) is 14.3. The van der Waals surface area contributed by atoms with E-state index in [9.17, 15) is 14.9 Å². The number of nitro groups is 1. The van der Waals surface area contributed by atoms with Crippen molar-refractivity contribution in [1.29, 1.82) is 0 Å². The van der Waals surface area contributed by atoms with Gasteiger partial charge in [0, 0.05) is 18.9 Å². The van der Waals surface area contributed by atoms with Crippen LogP contribution in [-0.2, 0) is 4.79 Å². The van der Waals surface area contributed by atoms with Crippen molar-refractivity contribution in [1.82, 2.24) is 0 Å². The molecule has 0 rings (SSSR count). The lowest BCUT2D eigenvalue weighted by Gasteiger charge is -1.99. The zero-order chi connectivity index (χ0) is 17.3. The first kappa shape index (κ1) is 21.4. The number of allylic oxidation sites excluding steroid dienone is 4. The number of nitrogens with zero attached hydrogens (tertiary/aromatic N) is 1. The third-order valence-corrected chi connectivity index (χ3v) is 3.71. The molecule has 132 valence electrons. The summed E-state index contributed by atoms with van der Waals surface area (Å²) in [6, 6.07) is 0. The molecule has 0 aromatic heterocycles. The minimum absolute atomic E-state index is 0.270. The summed E-state index contributed by atoms with van der Waals surface area (Å²) >= 11 is 0. The van der Waals surface area contributed by atoms with Gasteiger partial charge in [0.2, 0.25) is 5.70 Å². The van der Waals surface area contributed by atoms with Gasteiger partial charge in [-0.25, -0.2) is 0 Å². The monoisotopic (exact) mass is 325 g/mol. The van der Waals surface area contributed by atoms with Crippen LogP contribution in [0, 0.1) is 10.1 Å². The van der Waals surface area contributed by atoms with Crippen LogP contribution in [0.4, 0.5) is 0 Å². The van der Waals surface area contributed by atoms with Crippen molar-refractivity contribution in [2.75, 3.05) is 0 Å². The van der Waals surface area contributed by atoms with Gasteiger partial charge < -0.3 is 5.11 Å². The summed E-state index contributed by atoms with van der Waals surface area (Å²) in [5.74, 6) is -0.716. The third kappa shape index (κ3) is 15.0. The lowest BCUT2D eigenvalue weighted by atomic mass is 10.1. The second kappa shape index (κ2) is 15.3. The molecule has 0 atom stereocenters. The molecule has 0 unspecified atom stereocenters. The molecule has 0 radical (unpaired) electrons. The molecular formula is C18H31NO4. The van der Waals surface area contributed by atoms with Crippen LogP contribution in [0.15, 0.2) is 23.9 Å². The second-order valence-electron chi connectivity index (χ2n) is 5.85. The Bertz CT molecular complexity index is 388. The minimum atomic E-state index is -0.716. The van der Waals surface area contributed by atoms with E-state index in [1.807, 2.05) is 6.08 Å².